The lowest BCUT2D eigenvalue weighted by molar-refractivity contribution is -0.175. The molecule has 0 spiro atoms. The third kappa shape index (κ3) is 4.27. The quantitative estimate of drug-likeness (QED) is 0.893. The number of halogens is 4. The first-order valence-corrected chi connectivity index (χ1v) is 7.60. The van der Waals surface area contributed by atoms with E-state index in [-0.39, 0.29) is 13.0 Å². The molecule has 1 saturated heterocycles. The lowest BCUT2D eigenvalue weighted by atomic mass is 9.97. The van der Waals surface area contributed by atoms with Crippen molar-refractivity contribution in [2.75, 3.05) is 24.5 Å². The predicted octanol–water partition coefficient (Wildman–Crippen LogP) is 4.23. The normalized spacial score (nSPS) is 19.9. The van der Waals surface area contributed by atoms with Crippen molar-refractivity contribution in [3.8, 4) is 0 Å². The second kappa shape index (κ2) is 6.88. The van der Waals surface area contributed by atoms with E-state index in [1.165, 1.54) is 0 Å². The number of hydrogen-bond acceptors (Lipinski definition) is 2. The van der Waals surface area contributed by atoms with Crippen molar-refractivity contribution in [1.29, 1.82) is 0 Å². The highest BCUT2D eigenvalue weighted by atomic mass is 35.5. The Bertz CT molecular complexity index is 476. The number of piperidine rings is 1. The van der Waals surface area contributed by atoms with Crippen LogP contribution in [0.3, 0.4) is 0 Å². The zero-order valence-corrected chi connectivity index (χ0v) is 12.8. The Labute approximate surface area is 128 Å². The summed E-state index contributed by atoms with van der Waals surface area (Å²) < 4.78 is 38.6. The van der Waals surface area contributed by atoms with Crippen molar-refractivity contribution in [2.24, 2.45) is 5.92 Å². The molecule has 2 rings (SSSR count). The average Bonchev–Trinajstić information content (AvgIpc) is 2.45. The van der Waals surface area contributed by atoms with Crippen LogP contribution in [0, 0.1) is 5.92 Å². The van der Waals surface area contributed by atoms with Crippen LogP contribution < -0.4 is 10.2 Å². The van der Waals surface area contributed by atoms with Crippen LogP contribution in [0.4, 0.5) is 18.9 Å². The average molecular weight is 321 g/mol. The van der Waals surface area contributed by atoms with Crippen molar-refractivity contribution in [1.82, 2.24) is 5.32 Å². The lowest BCUT2D eigenvalue weighted by Crippen LogP contribution is -2.41. The molecule has 21 heavy (non-hydrogen) atoms. The van der Waals surface area contributed by atoms with Crippen LogP contribution in [-0.2, 0) is 6.54 Å². The number of anilines is 1. The van der Waals surface area contributed by atoms with E-state index >= 15 is 0 Å². The van der Waals surface area contributed by atoms with Gasteiger partial charge < -0.3 is 10.2 Å². The van der Waals surface area contributed by atoms with Gasteiger partial charge in [-0.1, -0.05) is 24.6 Å². The topological polar surface area (TPSA) is 15.3 Å². The summed E-state index contributed by atoms with van der Waals surface area (Å²) in [6, 6.07) is 5.52. The molecule has 1 atom stereocenters. The Kier molecular flexibility index (Phi) is 5.38. The number of alkyl halides is 3. The zero-order valence-electron chi connectivity index (χ0n) is 12.0. The highest BCUT2D eigenvalue weighted by Gasteiger charge is 2.41. The second-order valence-corrected chi connectivity index (χ2v) is 5.79. The van der Waals surface area contributed by atoms with Crippen molar-refractivity contribution in [3.05, 3.63) is 28.8 Å². The van der Waals surface area contributed by atoms with E-state index in [2.05, 4.69) is 5.32 Å². The van der Waals surface area contributed by atoms with Crippen LogP contribution in [0.25, 0.3) is 0 Å². The van der Waals surface area contributed by atoms with Crippen LogP contribution in [0.5, 0.6) is 0 Å². The van der Waals surface area contributed by atoms with E-state index in [9.17, 15) is 13.2 Å². The van der Waals surface area contributed by atoms with Gasteiger partial charge in [0.2, 0.25) is 0 Å². The minimum absolute atomic E-state index is 0.0202. The maximum absolute atomic E-state index is 12.9. The van der Waals surface area contributed by atoms with Gasteiger partial charge >= 0.3 is 6.18 Å². The molecule has 1 unspecified atom stereocenters. The van der Waals surface area contributed by atoms with Crippen LogP contribution in [0.15, 0.2) is 18.2 Å². The first kappa shape index (κ1) is 16.4. The van der Waals surface area contributed by atoms with Gasteiger partial charge in [0.1, 0.15) is 0 Å². The summed E-state index contributed by atoms with van der Waals surface area (Å²) in [5.41, 5.74) is 1.74. The summed E-state index contributed by atoms with van der Waals surface area (Å²) in [6.07, 6.45) is -3.35. The van der Waals surface area contributed by atoms with E-state index in [4.69, 9.17) is 11.6 Å². The Balaban J connectivity index is 2.09. The third-order valence-corrected chi connectivity index (χ3v) is 4.20. The zero-order chi connectivity index (χ0) is 15.5. The van der Waals surface area contributed by atoms with E-state index in [1.807, 2.05) is 19.1 Å². The molecule has 0 saturated carbocycles. The predicted molar refractivity (Wildman–Crippen MR) is 79.8 cm³/mol. The summed E-state index contributed by atoms with van der Waals surface area (Å²) in [6.45, 7) is 4.19. The number of nitrogens with zero attached hydrogens (tertiary/aromatic N) is 1. The van der Waals surface area contributed by atoms with E-state index in [1.54, 1.807) is 11.0 Å². The molecule has 2 nitrogen and oxygen atoms in total. The molecule has 1 fully saturated rings. The van der Waals surface area contributed by atoms with Gasteiger partial charge in [-0.25, -0.2) is 0 Å². The highest BCUT2D eigenvalue weighted by Crippen LogP contribution is 2.35. The molecule has 0 bridgehead atoms. The number of nitrogens with one attached hydrogen (secondary N) is 1. The Morgan fingerprint density at radius 2 is 2.14 bits per heavy atom. The van der Waals surface area contributed by atoms with Crippen molar-refractivity contribution in [2.45, 2.75) is 32.5 Å². The smallest absolute Gasteiger partial charge is 0.371 e. The fourth-order valence-corrected chi connectivity index (χ4v) is 2.86. The molecule has 0 amide bonds. The Morgan fingerprint density at radius 1 is 1.38 bits per heavy atom. The summed E-state index contributed by atoms with van der Waals surface area (Å²) in [5, 5.41) is 3.78. The molecule has 1 aromatic rings. The maximum atomic E-state index is 12.9. The van der Waals surface area contributed by atoms with Gasteiger partial charge in [-0.15, -0.1) is 0 Å². The molecular formula is C15H20ClF3N2. The first-order chi connectivity index (χ1) is 9.91. The molecule has 1 aliphatic rings. The summed E-state index contributed by atoms with van der Waals surface area (Å²) in [7, 11) is 0. The molecule has 1 heterocycles. The van der Waals surface area contributed by atoms with Crippen LogP contribution >= 0.6 is 11.6 Å². The molecule has 0 aromatic heterocycles. The number of hydrogen-bond donors (Lipinski definition) is 1. The molecule has 118 valence electrons. The Morgan fingerprint density at radius 3 is 2.76 bits per heavy atom. The molecule has 6 heteroatoms. The van der Waals surface area contributed by atoms with Gasteiger partial charge in [0, 0.05) is 30.3 Å². The fraction of sp³-hybridized carbons (Fsp3) is 0.600. The molecule has 0 radical (unpaired) electrons. The minimum atomic E-state index is -4.12. The van der Waals surface area contributed by atoms with Gasteiger partial charge in [-0.3, -0.25) is 0 Å². The molecule has 1 aromatic carbocycles. The minimum Gasteiger partial charge on any atom is -0.371 e. The molecular weight excluding hydrogens is 301 g/mol. The van der Waals surface area contributed by atoms with Crippen molar-refractivity contribution < 1.29 is 13.2 Å². The molecule has 1 aliphatic heterocycles. The monoisotopic (exact) mass is 320 g/mol. The Hall–Kier alpha value is -0.940. The summed E-state index contributed by atoms with van der Waals surface area (Å²) in [5.74, 6) is -1.24. The maximum Gasteiger partial charge on any atom is 0.393 e. The number of benzene rings is 1. The van der Waals surface area contributed by atoms with Crippen molar-refractivity contribution >= 4 is 17.3 Å². The first-order valence-electron chi connectivity index (χ1n) is 7.22. The van der Waals surface area contributed by atoms with E-state index in [0.29, 0.717) is 24.5 Å². The van der Waals surface area contributed by atoms with Crippen molar-refractivity contribution in [3.63, 3.8) is 0 Å². The summed E-state index contributed by atoms with van der Waals surface area (Å²) >= 11 is 6.22. The highest BCUT2D eigenvalue weighted by molar-refractivity contribution is 6.31. The SMILES string of the molecule is CCNCc1ccc(N2CCCC(C(F)(F)F)C2)cc1Cl. The second-order valence-electron chi connectivity index (χ2n) is 5.38. The van der Waals surface area contributed by atoms with Gasteiger partial charge in [0.15, 0.2) is 0 Å². The third-order valence-electron chi connectivity index (χ3n) is 3.85. The summed E-state index contributed by atoms with van der Waals surface area (Å²) in [4.78, 5) is 1.78. The van der Waals surface area contributed by atoms with Gasteiger partial charge in [0.25, 0.3) is 0 Å². The van der Waals surface area contributed by atoms with Crippen LogP contribution in [-0.4, -0.2) is 25.8 Å². The van der Waals surface area contributed by atoms with Crippen LogP contribution in [0.2, 0.25) is 5.02 Å². The van der Waals surface area contributed by atoms with Gasteiger partial charge in [-0.2, -0.15) is 13.2 Å². The van der Waals surface area contributed by atoms with E-state index < -0.39 is 12.1 Å². The van der Waals surface area contributed by atoms with Crippen LogP contribution in [0.1, 0.15) is 25.3 Å². The molecule has 1 N–H and O–H groups in total. The largest absolute Gasteiger partial charge is 0.393 e. The number of rotatable bonds is 4. The molecule has 0 aliphatic carbocycles. The standard InChI is InChI=1S/C15H20ClF3N2/c1-2-20-9-11-5-6-13(8-14(11)16)21-7-3-4-12(10-21)15(17,18)19/h5-6,8,12,20H,2-4,7,9-10H2,1H3. The lowest BCUT2D eigenvalue weighted by Gasteiger charge is -2.35. The van der Waals surface area contributed by atoms with E-state index in [0.717, 1.165) is 17.8 Å². The van der Waals surface area contributed by atoms with Gasteiger partial charge in [-0.05, 0) is 37.1 Å². The fourth-order valence-electron chi connectivity index (χ4n) is 2.61. The van der Waals surface area contributed by atoms with Gasteiger partial charge in [0.05, 0.1) is 5.92 Å².